The molecule has 2 aromatic rings. The van der Waals surface area contributed by atoms with Crippen LogP contribution >= 0.6 is 0 Å². The molecule has 0 N–H and O–H groups in total. The van der Waals surface area contributed by atoms with E-state index in [0.717, 1.165) is 17.0 Å². The lowest BCUT2D eigenvalue weighted by Crippen LogP contribution is -2.53. The molecule has 218 valence electrons. The number of hydrogen-bond acceptors (Lipinski definition) is 6. The molecule has 3 heterocycles. The zero-order chi connectivity index (χ0) is 29.3. The number of alkyl halides is 3. The summed E-state index contributed by atoms with van der Waals surface area (Å²) >= 11 is 0. The Kier molecular flexibility index (Phi) is 7.92. The van der Waals surface area contributed by atoms with Crippen molar-refractivity contribution >= 4 is 29.5 Å². The number of nitrogens with zero attached hydrogens (tertiary/aromatic N) is 4. The molecular formula is C29H31F3N4O5. The molecule has 2 saturated heterocycles. The minimum absolute atomic E-state index is 0.0463. The number of fused-ring (bicyclic) bond motifs is 1. The molecule has 0 spiro atoms. The second kappa shape index (κ2) is 11.4. The van der Waals surface area contributed by atoms with Gasteiger partial charge in [0.2, 0.25) is 5.91 Å². The minimum Gasteiger partial charge on any atom is -0.450 e. The summed E-state index contributed by atoms with van der Waals surface area (Å²) in [5, 5.41) is 0. The fourth-order valence-electron chi connectivity index (χ4n) is 5.70. The van der Waals surface area contributed by atoms with Gasteiger partial charge in [-0.1, -0.05) is 18.2 Å². The fourth-order valence-corrected chi connectivity index (χ4v) is 5.70. The van der Waals surface area contributed by atoms with Gasteiger partial charge in [0, 0.05) is 45.2 Å². The van der Waals surface area contributed by atoms with Crippen LogP contribution in [-0.4, -0.2) is 84.4 Å². The van der Waals surface area contributed by atoms with Gasteiger partial charge in [-0.15, -0.1) is 0 Å². The number of imide groups is 1. The van der Waals surface area contributed by atoms with Crippen LogP contribution in [0.4, 0.5) is 23.7 Å². The van der Waals surface area contributed by atoms with Crippen molar-refractivity contribution in [2.24, 2.45) is 5.92 Å². The largest absolute Gasteiger partial charge is 0.450 e. The van der Waals surface area contributed by atoms with E-state index in [1.54, 1.807) is 34.9 Å². The molecule has 41 heavy (non-hydrogen) atoms. The first-order valence-corrected chi connectivity index (χ1v) is 13.7. The smallest absolute Gasteiger partial charge is 0.416 e. The summed E-state index contributed by atoms with van der Waals surface area (Å²) in [6.45, 7) is 4.53. The van der Waals surface area contributed by atoms with Crippen LogP contribution in [0.5, 0.6) is 0 Å². The van der Waals surface area contributed by atoms with Crippen LogP contribution in [-0.2, 0) is 22.3 Å². The highest BCUT2D eigenvalue weighted by atomic mass is 19.4. The van der Waals surface area contributed by atoms with Gasteiger partial charge >= 0.3 is 12.3 Å². The standard InChI is InChI=1S/C29H31F3N4O5/c1-2-41-28(40)35-15-13-34(14-16-35)25(37)20-9-11-33(12-10-20)23-8-4-7-22-24(23)27(39)36(26(22)38)18-19-5-3-6-21(17-19)29(30,31)32/h3-8,17,20H,2,9-16,18H2,1H3. The van der Waals surface area contributed by atoms with Crippen LogP contribution in [0.1, 0.15) is 51.6 Å². The van der Waals surface area contributed by atoms with E-state index in [1.165, 1.54) is 12.1 Å². The molecule has 0 unspecified atom stereocenters. The van der Waals surface area contributed by atoms with E-state index < -0.39 is 23.6 Å². The number of piperazine rings is 1. The third kappa shape index (κ3) is 5.73. The average molecular weight is 573 g/mol. The maximum atomic E-state index is 13.4. The Morgan fingerprint density at radius 1 is 0.902 bits per heavy atom. The van der Waals surface area contributed by atoms with E-state index in [-0.39, 0.29) is 41.2 Å². The maximum Gasteiger partial charge on any atom is 0.416 e. The summed E-state index contributed by atoms with van der Waals surface area (Å²) in [5.74, 6) is -1.23. The first kappa shape index (κ1) is 28.4. The summed E-state index contributed by atoms with van der Waals surface area (Å²) in [4.78, 5) is 58.0. The highest BCUT2D eigenvalue weighted by Gasteiger charge is 2.40. The average Bonchev–Trinajstić information content (AvgIpc) is 3.21. The zero-order valence-electron chi connectivity index (χ0n) is 22.7. The number of rotatable bonds is 5. The Hall–Kier alpha value is -4.09. The van der Waals surface area contributed by atoms with Gasteiger partial charge in [0.25, 0.3) is 11.8 Å². The molecule has 4 amide bonds. The molecule has 0 bridgehead atoms. The van der Waals surface area contributed by atoms with E-state index in [0.29, 0.717) is 64.4 Å². The predicted molar refractivity (Wildman–Crippen MR) is 142 cm³/mol. The molecule has 2 aromatic carbocycles. The van der Waals surface area contributed by atoms with Crippen molar-refractivity contribution in [3.05, 3.63) is 64.7 Å². The molecule has 3 aliphatic rings. The van der Waals surface area contributed by atoms with Crippen LogP contribution in [0, 0.1) is 5.92 Å². The summed E-state index contributed by atoms with van der Waals surface area (Å²) in [6, 6.07) is 9.61. The van der Waals surface area contributed by atoms with Crippen molar-refractivity contribution in [2.45, 2.75) is 32.5 Å². The Bertz CT molecular complexity index is 1350. The lowest BCUT2D eigenvalue weighted by atomic mass is 9.93. The first-order valence-electron chi connectivity index (χ1n) is 13.7. The number of hydrogen-bond donors (Lipinski definition) is 0. The van der Waals surface area contributed by atoms with Gasteiger partial charge in [0.05, 0.1) is 35.5 Å². The summed E-state index contributed by atoms with van der Waals surface area (Å²) in [6.07, 6.45) is -3.77. The second-order valence-electron chi connectivity index (χ2n) is 10.4. The third-order valence-corrected chi connectivity index (χ3v) is 7.87. The van der Waals surface area contributed by atoms with Crippen LogP contribution in [0.2, 0.25) is 0 Å². The quantitative estimate of drug-likeness (QED) is 0.503. The van der Waals surface area contributed by atoms with Gasteiger partial charge in [0.1, 0.15) is 0 Å². The number of carbonyl (C=O) groups is 4. The minimum atomic E-state index is -4.53. The molecule has 2 fully saturated rings. The van der Waals surface area contributed by atoms with Crippen molar-refractivity contribution in [1.82, 2.24) is 14.7 Å². The predicted octanol–water partition coefficient (Wildman–Crippen LogP) is 4.02. The SMILES string of the molecule is CCOC(=O)N1CCN(C(=O)C2CCN(c3cccc4c3C(=O)N(Cc3cccc(C(F)(F)F)c3)C4=O)CC2)CC1. The van der Waals surface area contributed by atoms with E-state index in [9.17, 15) is 32.3 Å². The van der Waals surface area contributed by atoms with Crippen LogP contribution in [0.15, 0.2) is 42.5 Å². The highest BCUT2D eigenvalue weighted by molar-refractivity contribution is 6.23. The van der Waals surface area contributed by atoms with E-state index in [2.05, 4.69) is 0 Å². The highest BCUT2D eigenvalue weighted by Crippen LogP contribution is 2.36. The van der Waals surface area contributed by atoms with Crippen molar-refractivity contribution in [3.8, 4) is 0 Å². The molecule has 0 radical (unpaired) electrons. The molecule has 12 heteroatoms. The monoisotopic (exact) mass is 572 g/mol. The van der Waals surface area contributed by atoms with Gasteiger partial charge in [-0.25, -0.2) is 4.79 Å². The lowest BCUT2D eigenvalue weighted by molar-refractivity contribution is -0.138. The van der Waals surface area contributed by atoms with Gasteiger partial charge in [0.15, 0.2) is 0 Å². The summed E-state index contributed by atoms with van der Waals surface area (Å²) in [5.41, 5.74) is 0.409. The van der Waals surface area contributed by atoms with Gasteiger partial charge < -0.3 is 19.4 Å². The number of ether oxygens (including phenoxy) is 1. The number of anilines is 1. The molecular weight excluding hydrogens is 541 g/mol. The molecule has 0 atom stereocenters. The Balaban J connectivity index is 1.23. The number of benzene rings is 2. The first-order chi connectivity index (χ1) is 19.6. The molecule has 9 nitrogen and oxygen atoms in total. The fraction of sp³-hybridized carbons (Fsp3) is 0.448. The van der Waals surface area contributed by atoms with Gasteiger partial charge in [-0.2, -0.15) is 13.2 Å². The molecule has 3 aliphatic heterocycles. The third-order valence-electron chi connectivity index (χ3n) is 7.87. The Labute approximate surface area is 235 Å². The van der Waals surface area contributed by atoms with Crippen LogP contribution < -0.4 is 4.90 Å². The van der Waals surface area contributed by atoms with Crippen molar-refractivity contribution < 1.29 is 37.1 Å². The Morgan fingerprint density at radius 3 is 2.22 bits per heavy atom. The number of piperidine rings is 1. The van der Waals surface area contributed by atoms with E-state index in [4.69, 9.17) is 4.74 Å². The molecule has 5 rings (SSSR count). The number of carbonyl (C=O) groups excluding carboxylic acids is 4. The van der Waals surface area contributed by atoms with Crippen molar-refractivity contribution in [2.75, 3.05) is 50.8 Å². The van der Waals surface area contributed by atoms with Gasteiger partial charge in [-0.3, -0.25) is 19.3 Å². The molecule has 0 aromatic heterocycles. The van der Waals surface area contributed by atoms with Crippen molar-refractivity contribution in [3.63, 3.8) is 0 Å². The topological polar surface area (TPSA) is 90.5 Å². The zero-order valence-corrected chi connectivity index (χ0v) is 22.7. The number of halogens is 3. The van der Waals surface area contributed by atoms with Gasteiger partial charge in [-0.05, 0) is 49.6 Å². The van der Waals surface area contributed by atoms with Crippen molar-refractivity contribution in [1.29, 1.82) is 0 Å². The Morgan fingerprint density at radius 2 is 1.56 bits per heavy atom. The maximum absolute atomic E-state index is 13.4. The summed E-state index contributed by atoms with van der Waals surface area (Å²) < 4.78 is 44.5. The number of amides is 4. The normalized spacial score (nSPS) is 18.1. The molecule has 0 saturated carbocycles. The van der Waals surface area contributed by atoms with E-state index in [1.807, 2.05) is 4.90 Å². The van der Waals surface area contributed by atoms with Crippen LogP contribution in [0.25, 0.3) is 0 Å². The lowest BCUT2D eigenvalue weighted by Gasteiger charge is -2.39. The van der Waals surface area contributed by atoms with E-state index >= 15 is 0 Å². The van der Waals surface area contributed by atoms with Crippen LogP contribution in [0.3, 0.4) is 0 Å². The summed E-state index contributed by atoms with van der Waals surface area (Å²) in [7, 11) is 0. The second-order valence-corrected chi connectivity index (χ2v) is 10.4. The molecule has 0 aliphatic carbocycles.